The number of rotatable bonds is 4. The van der Waals surface area contributed by atoms with Crippen LogP contribution in [0.3, 0.4) is 0 Å². The van der Waals surface area contributed by atoms with Crippen molar-refractivity contribution in [2.75, 3.05) is 5.32 Å². The molecule has 0 bridgehead atoms. The molecule has 3 nitrogen and oxygen atoms in total. The minimum atomic E-state index is -0.570. The van der Waals surface area contributed by atoms with Gasteiger partial charge >= 0.3 is 0 Å². The Morgan fingerprint density at radius 2 is 1.85 bits per heavy atom. The van der Waals surface area contributed by atoms with Gasteiger partial charge in [0.1, 0.15) is 0 Å². The Balaban J connectivity index is 2.17. The number of hydrogen-bond acceptors (Lipinski definition) is 2. The standard InChI is InChI=1S/C14H11Cl3N2O/c15-11-5-4-9(6-10(11)14(18)20)19-7-8-2-1-3-12(16)13(8)17/h1-6,19H,7H2,(H2,18,20). The van der Waals surface area contributed by atoms with E-state index in [1.54, 1.807) is 24.3 Å². The molecule has 0 spiro atoms. The van der Waals surface area contributed by atoms with Crippen molar-refractivity contribution in [2.45, 2.75) is 6.54 Å². The van der Waals surface area contributed by atoms with Gasteiger partial charge in [-0.05, 0) is 29.8 Å². The summed E-state index contributed by atoms with van der Waals surface area (Å²) < 4.78 is 0. The van der Waals surface area contributed by atoms with Crippen LogP contribution in [0.25, 0.3) is 0 Å². The van der Waals surface area contributed by atoms with Crippen LogP contribution in [0.2, 0.25) is 15.1 Å². The average molecular weight is 330 g/mol. The third-order valence-corrected chi connectivity index (χ3v) is 3.93. The van der Waals surface area contributed by atoms with Crippen LogP contribution < -0.4 is 11.1 Å². The van der Waals surface area contributed by atoms with Gasteiger partial charge in [-0.3, -0.25) is 4.79 Å². The van der Waals surface area contributed by atoms with Crippen LogP contribution in [0, 0.1) is 0 Å². The molecule has 0 atom stereocenters. The second-order valence-electron chi connectivity index (χ2n) is 4.13. The minimum absolute atomic E-state index is 0.272. The van der Waals surface area contributed by atoms with Gasteiger partial charge in [-0.25, -0.2) is 0 Å². The van der Waals surface area contributed by atoms with E-state index in [1.807, 2.05) is 12.1 Å². The number of hydrogen-bond donors (Lipinski definition) is 2. The van der Waals surface area contributed by atoms with Gasteiger partial charge in [0.25, 0.3) is 0 Å². The Morgan fingerprint density at radius 3 is 2.55 bits per heavy atom. The van der Waals surface area contributed by atoms with Crippen LogP contribution in [0.1, 0.15) is 15.9 Å². The fourth-order valence-corrected chi connectivity index (χ4v) is 2.30. The number of nitrogens with one attached hydrogen (secondary N) is 1. The topological polar surface area (TPSA) is 55.1 Å². The summed E-state index contributed by atoms with van der Waals surface area (Å²) in [7, 11) is 0. The Bertz CT molecular complexity index is 659. The molecule has 2 aromatic rings. The summed E-state index contributed by atoms with van der Waals surface area (Å²) >= 11 is 17.9. The molecule has 0 aliphatic carbocycles. The largest absolute Gasteiger partial charge is 0.381 e. The predicted octanol–water partition coefficient (Wildman–Crippen LogP) is 4.36. The Hall–Kier alpha value is -1.42. The van der Waals surface area contributed by atoms with Crippen LogP contribution >= 0.6 is 34.8 Å². The van der Waals surface area contributed by atoms with E-state index in [9.17, 15) is 4.79 Å². The molecule has 0 aromatic heterocycles. The minimum Gasteiger partial charge on any atom is -0.381 e. The van der Waals surface area contributed by atoms with Gasteiger partial charge in [0.05, 0.1) is 20.6 Å². The van der Waals surface area contributed by atoms with Gasteiger partial charge < -0.3 is 11.1 Å². The Morgan fingerprint density at radius 1 is 1.10 bits per heavy atom. The molecule has 0 saturated carbocycles. The lowest BCUT2D eigenvalue weighted by molar-refractivity contribution is 0.100. The van der Waals surface area contributed by atoms with Gasteiger partial charge in [0, 0.05) is 12.2 Å². The molecule has 6 heteroatoms. The molecular formula is C14H11Cl3N2O. The lowest BCUT2D eigenvalue weighted by Crippen LogP contribution is -2.12. The zero-order valence-corrected chi connectivity index (χ0v) is 12.6. The van der Waals surface area contributed by atoms with Crippen molar-refractivity contribution >= 4 is 46.4 Å². The number of amides is 1. The highest BCUT2D eigenvalue weighted by Crippen LogP contribution is 2.26. The van der Waals surface area contributed by atoms with Crippen LogP contribution in [0.5, 0.6) is 0 Å². The van der Waals surface area contributed by atoms with E-state index in [2.05, 4.69) is 5.32 Å². The predicted molar refractivity (Wildman–Crippen MR) is 83.8 cm³/mol. The number of anilines is 1. The molecule has 0 aliphatic heterocycles. The lowest BCUT2D eigenvalue weighted by atomic mass is 10.1. The number of nitrogens with two attached hydrogens (primary N) is 1. The quantitative estimate of drug-likeness (QED) is 0.875. The van der Waals surface area contributed by atoms with Crippen molar-refractivity contribution in [2.24, 2.45) is 5.73 Å². The third kappa shape index (κ3) is 3.37. The molecule has 0 saturated heterocycles. The molecule has 0 radical (unpaired) electrons. The Labute approximate surface area is 131 Å². The molecule has 0 unspecified atom stereocenters. The van der Waals surface area contributed by atoms with E-state index in [0.717, 1.165) is 11.3 Å². The second kappa shape index (κ2) is 6.35. The van der Waals surface area contributed by atoms with Crippen molar-refractivity contribution in [1.29, 1.82) is 0 Å². The van der Waals surface area contributed by atoms with E-state index < -0.39 is 5.91 Å². The van der Waals surface area contributed by atoms with E-state index in [4.69, 9.17) is 40.5 Å². The van der Waals surface area contributed by atoms with Crippen LogP contribution in [-0.2, 0) is 6.54 Å². The molecule has 0 aliphatic rings. The molecule has 0 fully saturated rings. The number of carbonyl (C=O) groups is 1. The first-order valence-electron chi connectivity index (χ1n) is 5.75. The first kappa shape index (κ1) is 15.0. The number of benzene rings is 2. The zero-order valence-electron chi connectivity index (χ0n) is 10.3. The normalized spacial score (nSPS) is 10.3. The maximum Gasteiger partial charge on any atom is 0.250 e. The Kier molecular flexibility index (Phi) is 4.76. The second-order valence-corrected chi connectivity index (χ2v) is 5.32. The molecule has 0 heterocycles. The zero-order chi connectivity index (χ0) is 14.7. The summed E-state index contributed by atoms with van der Waals surface area (Å²) in [5, 5.41) is 4.47. The molecule has 3 N–H and O–H groups in total. The van der Waals surface area contributed by atoms with E-state index in [-0.39, 0.29) is 5.56 Å². The smallest absolute Gasteiger partial charge is 0.250 e. The van der Waals surface area contributed by atoms with Crippen molar-refractivity contribution in [1.82, 2.24) is 0 Å². The molecule has 104 valence electrons. The van der Waals surface area contributed by atoms with Gasteiger partial charge in [-0.15, -0.1) is 0 Å². The van der Waals surface area contributed by atoms with Crippen molar-refractivity contribution in [3.8, 4) is 0 Å². The van der Waals surface area contributed by atoms with Crippen LogP contribution in [0.4, 0.5) is 5.69 Å². The van der Waals surface area contributed by atoms with Crippen molar-refractivity contribution in [3.63, 3.8) is 0 Å². The molecular weight excluding hydrogens is 319 g/mol. The van der Waals surface area contributed by atoms with E-state index in [1.165, 1.54) is 0 Å². The highest BCUT2D eigenvalue weighted by atomic mass is 35.5. The summed E-state index contributed by atoms with van der Waals surface area (Å²) in [4.78, 5) is 11.2. The van der Waals surface area contributed by atoms with E-state index in [0.29, 0.717) is 21.6 Å². The van der Waals surface area contributed by atoms with Gasteiger partial charge in [-0.2, -0.15) is 0 Å². The molecule has 2 aromatic carbocycles. The van der Waals surface area contributed by atoms with Crippen LogP contribution in [0.15, 0.2) is 36.4 Å². The van der Waals surface area contributed by atoms with Gasteiger partial charge in [0.2, 0.25) is 5.91 Å². The number of halogens is 3. The van der Waals surface area contributed by atoms with Gasteiger partial charge in [-0.1, -0.05) is 46.9 Å². The van der Waals surface area contributed by atoms with Gasteiger partial charge in [0.15, 0.2) is 0 Å². The highest BCUT2D eigenvalue weighted by molar-refractivity contribution is 6.42. The number of carbonyl (C=O) groups excluding carboxylic acids is 1. The molecule has 1 amide bonds. The lowest BCUT2D eigenvalue weighted by Gasteiger charge is -2.10. The molecule has 2 rings (SSSR count). The van der Waals surface area contributed by atoms with Crippen LogP contribution in [-0.4, -0.2) is 5.91 Å². The first-order chi connectivity index (χ1) is 9.49. The summed E-state index contributed by atoms with van der Waals surface area (Å²) in [6.45, 7) is 0.471. The van der Waals surface area contributed by atoms with Crippen molar-refractivity contribution < 1.29 is 4.79 Å². The summed E-state index contributed by atoms with van der Waals surface area (Å²) in [6.07, 6.45) is 0. The monoisotopic (exact) mass is 328 g/mol. The molecule has 20 heavy (non-hydrogen) atoms. The fraction of sp³-hybridized carbons (Fsp3) is 0.0714. The number of primary amides is 1. The van der Waals surface area contributed by atoms with E-state index >= 15 is 0 Å². The summed E-state index contributed by atoms with van der Waals surface area (Å²) in [5.74, 6) is -0.570. The average Bonchev–Trinajstić information content (AvgIpc) is 2.41. The fourth-order valence-electron chi connectivity index (χ4n) is 1.71. The van der Waals surface area contributed by atoms with Crippen molar-refractivity contribution in [3.05, 3.63) is 62.6 Å². The first-order valence-corrected chi connectivity index (χ1v) is 6.88. The maximum atomic E-state index is 11.2. The SMILES string of the molecule is NC(=O)c1cc(NCc2cccc(Cl)c2Cl)ccc1Cl. The maximum absolute atomic E-state index is 11.2. The third-order valence-electron chi connectivity index (χ3n) is 2.75. The summed E-state index contributed by atoms with van der Waals surface area (Å²) in [6, 6.07) is 10.4. The summed E-state index contributed by atoms with van der Waals surface area (Å²) in [5.41, 5.74) is 7.09. The highest BCUT2D eigenvalue weighted by Gasteiger charge is 2.08.